The van der Waals surface area contributed by atoms with Gasteiger partial charge in [0.15, 0.2) is 0 Å². The Balaban J connectivity index is 2.58. The lowest BCUT2D eigenvalue weighted by Crippen LogP contribution is -2.06. The molecule has 0 bridgehead atoms. The van der Waals surface area contributed by atoms with Gasteiger partial charge in [0.25, 0.3) is 0 Å². The minimum Gasteiger partial charge on any atom is -0.477 e. The van der Waals surface area contributed by atoms with E-state index < -0.39 is 17.8 Å². The Morgan fingerprint density at radius 3 is 2.62 bits per heavy atom. The standard InChI is InChI=1S/C9H4F3NO2S/c10-9(11,12)7-2-5-4(3-13-7)1-6(16-5)8(14)15/h1-3H,(H,14,15). The van der Waals surface area contributed by atoms with Gasteiger partial charge in [0.2, 0.25) is 0 Å². The zero-order valence-electron chi connectivity index (χ0n) is 7.58. The molecule has 0 aliphatic rings. The van der Waals surface area contributed by atoms with Gasteiger partial charge in [-0.3, -0.25) is 4.98 Å². The fourth-order valence-corrected chi connectivity index (χ4v) is 2.10. The van der Waals surface area contributed by atoms with Crippen molar-refractivity contribution in [1.82, 2.24) is 4.98 Å². The van der Waals surface area contributed by atoms with Gasteiger partial charge < -0.3 is 5.11 Å². The van der Waals surface area contributed by atoms with Crippen LogP contribution in [0.15, 0.2) is 18.3 Å². The SMILES string of the molecule is O=C(O)c1cc2cnc(C(F)(F)F)cc2s1. The fraction of sp³-hybridized carbons (Fsp3) is 0.111. The molecule has 0 saturated heterocycles. The van der Waals surface area contributed by atoms with E-state index in [2.05, 4.69) is 4.98 Å². The summed E-state index contributed by atoms with van der Waals surface area (Å²) in [5.74, 6) is -1.16. The lowest BCUT2D eigenvalue weighted by Gasteiger charge is -2.03. The van der Waals surface area contributed by atoms with Crippen molar-refractivity contribution in [3.8, 4) is 0 Å². The Morgan fingerprint density at radius 1 is 1.38 bits per heavy atom. The zero-order valence-corrected chi connectivity index (χ0v) is 8.39. The molecule has 0 unspecified atom stereocenters. The van der Waals surface area contributed by atoms with Gasteiger partial charge in [-0.25, -0.2) is 4.79 Å². The number of thiophene rings is 1. The predicted molar refractivity (Wildman–Crippen MR) is 51.6 cm³/mol. The third-order valence-electron chi connectivity index (χ3n) is 1.90. The fourth-order valence-electron chi connectivity index (χ4n) is 1.19. The van der Waals surface area contributed by atoms with Crippen molar-refractivity contribution >= 4 is 27.4 Å². The van der Waals surface area contributed by atoms with Crippen LogP contribution in [0.25, 0.3) is 10.1 Å². The first-order chi connectivity index (χ1) is 7.38. The van der Waals surface area contributed by atoms with Crippen LogP contribution in [0.1, 0.15) is 15.4 Å². The minimum atomic E-state index is -4.51. The van der Waals surface area contributed by atoms with E-state index in [1.165, 1.54) is 6.07 Å². The molecule has 3 nitrogen and oxygen atoms in total. The van der Waals surface area contributed by atoms with Gasteiger partial charge >= 0.3 is 12.1 Å². The lowest BCUT2D eigenvalue weighted by molar-refractivity contribution is -0.141. The number of halogens is 3. The second-order valence-electron chi connectivity index (χ2n) is 3.02. The van der Waals surface area contributed by atoms with Crippen LogP contribution in [0.2, 0.25) is 0 Å². The van der Waals surface area contributed by atoms with Crippen molar-refractivity contribution in [2.75, 3.05) is 0 Å². The third kappa shape index (κ3) is 1.85. The molecule has 2 aromatic heterocycles. The highest BCUT2D eigenvalue weighted by Gasteiger charge is 2.32. The second-order valence-corrected chi connectivity index (χ2v) is 4.10. The number of pyridine rings is 1. The summed E-state index contributed by atoms with van der Waals surface area (Å²) < 4.78 is 37.2. The summed E-state index contributed by atoms with van der Waals surface area (Å²) in [6.07, 6.45) is -3.48. The van der Waals surface area contributed by atoms with Gasteiger partial charge in [0.05, 0.1) is 0 Å². The maximum Gasteiger partial charge on any atom is 0.433 e. The molecule has 84 valence electrons. The summed E-state index contributed by atoms with van der Waals surface area (Å²) in [5.41, 5.74) is -1.02. The van der Waals surface area contributed by atoms with Crippen LogP contribution in [0.3, 0.4) is 0 Å². The maximum atomic E-state index is 12.3. The highest BCUT2D eigenvalue weighted by molar-refractivity contribution is 7.20. The van der Waals surface area contributed by atoms with E-state index in [1.54, 1.807) is 0 Å². The number of carboxylic acid groups (broad SMARTS) is 1. The maximum absolute atomic E-state index is 12.3. The number of aromatic carboxylic acids is 1. The molecule has 0 aromatic carbocycles. The molecule has 2 rings (SSSR count). The molecule has 16 heavy (non-hydrogen) atoms. The molecule has 0 radical (unpaired) electrons. The zero-order chi connectivity index (χ0) is 11.9. The molecule has 0 aliphatic heterocycles. The average molecular weight is 247 g/mol. The van der Waals surface area contributed by atoms with Crippen LogP contribution in [-0.4, -0.2) is 16.1 Å². The number of hydrogen-bond acceptors (Lipinski definition) is 3. The quantitative estimate of drug-likeness (QED) is 0.842. The van der Waals surface area contributed by atoms with Crippen molar-refractivity contribution in [2.45, 2.75) is 6.18 Å². The van der Waals surface area contributed by atoms with E-state index in [0.717, 1.165) is 23.6 Å². The number of carbonyl (C=O) groups is 1. The molecule has 0 fully saturated rings. The van der Waals surface area contributed by atoms with Crippen molar-refractivity contribution in [1.29, 1.82) is 0 Å². The molecule has 2 aromatic rings. The normalized spacial score (nSPS) is 11.9. The predicted octanol–water partition coefficient (Wildman–Crippen LogP) is 3.01. The molecular weight excluding hydrogens is 243 g/mol. The molecule has 0 amide bonds. The van der Waals surface area contributed by atoms with E-state index in [1.807, 2.05) is 0 Å². The van der Waals surface area contributed by atoms with Crippen molar-refractivity contribution < 1.29 is 23.1 Å². The number of alkyl halides is 3. The van der Waals surface area contributed by atoms with Crippen LogP contribution in [0.4, 0.5) is 13.2 Å². The number of hydrogen-bond donors (Lipinski definition) is 1. The molecule has 0 atom stereocenters. The Hall–Kier alpha value is -1.63. The highest BCUT2D eigenvalue weighted by atomic mass is 32.1. The molecule has 7 heteroatoms. The number of rotatable bonds is 1. The summed E-state index contributed by atoms with van der Waals surface area (Å²) in [6.45, 7) is 0. The van der Waals surface area contributed by atoms with Crippen LogP contribution >= 0.6 is 11.3 Å². The first-order valence-electron chi connectivity index (χ1n) is 4.08. The summed E-state index contributed by atoms with van der Waals surface area (Å²) >= 11 is 0.796. The van der Waals surface area contributed by atoms with Gasteiger partial charge in [-0.15, -0.1) is 11.3 Å². The molecule has 0 saturated carbocycles. The first-order valence-corrected chi connectivity index (χ1v) is 4.89. The van der Waals surface area contributed by atoms with Crippen LogP contribution in [-0.2, 0) is 6.18 Å². The van der Waals surface area contributed by atoms with Gasteiger partial charge in [-0.1, -0.05) is 0 Å². The number of fused-ring (bicyclic) bond motifs is 1. The molecule has 0 aliphatic carbocycles. The van der Waals surface area contributed by atoms with Gasteiger partial charge in [0.1, 0.15) is 10.6 Å². The number of carboxylic acids is 1. The largest absolute Gasteiger partial charge is 0.477 e. The van der Waals surface area contributed by atoms with E-state index >= 15 is 0 Å². The minimum absolute atomic E-state index is 0.00359. The van der Waals surface area contributed by atoms with E-state index in [-0.39, 0.29) is 9.58 Å². The number of aromatic nitrogens is 1. The van der Waals surface area contributed by atoms with Crippen LogP contribution in [0.5, 0.6) is 0 Å². The Labute approximate surface area is 91.2 Å². The Kier molecular flexibility index (Phi) is 2.34. The number of nitrogens with zero attached hydrogens (tertiary/aromatic N) is 1. The third-order valence-corrected chi connectivity index (χ3v) is 2.99. The van der Waals surface area contributed by atoms with Gasteiger partial charge in [-0.05, 0) is 12.1 Å². The lowest BCUT2D eigenvalue weighted by atomic mass is 10.3. The van der Waals surface area contributed by atoms with Gasteiger partial charge in [-0.2, -0.15) is 13.2 Å². The smallest absolute Gasteiger partial charge is 0.433 e. The Morgan fingerprint density at radius 2 is 2.06 bits per heavy atom. The monoisotopic (exact) mass is 247 g/mol. The van der Waals surface area contributed by atoms with E-state index in [0.29, 0.717) is 5.39 Å². The molecule has 2 heterocycles. The van der Waals surface area contributed by atoms with Crippen LogP contribution < -0.4 is 0 Å². The van der Waals surface area contributed by atoms with Crippen molar-refractivity contribution in [3.05, 3.63) is 28.9 Å². The van der Waals surface area contributed by atoms with E-state index in [9.17, 15) is 18.0 Å². The average Bonchev–Trinajstić information content (AvgIpc) is 2.58. The molecule has 0 spiro atoms. The Bertz CT molecular complexity index is 561. The summed E-state index contributed by atoms with van der Waals surface area (Å²) in [5, 5.41) is 9.08. The van der Waals surface area contributed by atoms with Crippen LogP contribution in [0, 0.1) is 0 Å². The topological polar surface area (TPSA) is 50.2 Å². The molecular formula is C9H4F3NO2S. The van der Waals surface area contributed by atoms with Gasteiger partial charge in [0, 0.05) is 16.3 Å². The van der Waals surface area contributed by atoms with Crippen molar-refractivity contribution in [3.63, 3.8) is 0 Å². The first kappa shape index (κ1) is 10.9. The second kappa shape index (κ2) is 3.44. The summed E-state index contributed by atoms with van der Waals surface area (Å²) in [6, 6.07) is 2.15. The van der Waals surface area contributed by atoms with Crippen molar-refractivity contribution in [2.24, 2.45) is 0 Å². The highest BCUT2D eigenvalue weighted by Crippen LogP contribution is 2.32. The van der Waals surface area contributed by atoms with E-state index in [4.69, 9.17) is 5.11 Å². The summed E-state index contributed by atoms with van der Waals surface area (Å²) in [7, 11) is 0. The molecule has 1 N–H and O–H groups in total. The summed E-state index contributed by atoms with van der Waals surface area (Å²) in [4.78, 5) is 13.9.